The standard InChI is InChI=1S/C17H18FN3O4/c1-21-8-10(5-15(21)22)16(23)20-14(17(24)25)4-9-7-19-13-6-11(18)2-3-12(9)13/h2-3,6-7,10,14,19H,4-5,8H2,1H3,(H,20,23)(H,24,25)/t10-,14-/m0/s1. The third-order valence-electron chi connectivity index (χ3n) is 4.48. The highest BCUT2D eigenvalue weighted by molar-refractivity contribution is 5.91. The Hall–Kier alpha value is -2.90. The van der Waals surface area contributed by atoms with Gasteiger partial charge in [-0.3, -0.25) is 9.59 Å². The van der Waals surface area contributed by atoms with Gasteiger partial charge in [0.2, 0.25) is 11.8 Å². The Balaban J connectivity index is 1.74. The number of benzene rings is 1. The van der Waals surface area contributed by atoms with E-state index in [1.807, 2.05) is 0 Å². The number of nitrogens with one attached hydrogen (secondary N) is 2. The maximum absolute atomic E-state index is 13.2. The van der Waals surface area contributed by atoms with Gasteiger partial charge in [-0.25, -0.2) is 9.18 Å². The molecule has 2 atom stereocenters. The summed E-state index contributed by atoms with van der Waals surface area (Å²) in [4.78, 5) is 39.7. The molecule has 25 heavy (non-hydrogen) atoms. The van der Waals surface area contributed by atoms with Crippen LogP contribution in [0.3, 0.4) is 0 Å². The number of hydrogen-bond donors (Lipinski definition) is 3. The van der Waals surface area contributed by atoms with Gasteiger partial charge in [-0.2, -0.15) is 0 Å². The SMILES string of the molecule is CN1C[C@@H](C(=O)N[C@@H](Cc2c[nH]c3cc(F)ccc23)C(=O)O)CC1=O. The van der Waals surface area contributed by atoms with Crippen molar-refractivity contribution in [2.24, 2.45) is 5.92 Å². The molecule has 0 radical (unpaired) electrons. The number of fused-ring (bicyclic) bond motifs is 1. The van der Waals surface area contributed by atoms with Gasteiger partial charge in [-0.15, -0.1) is 0 Å². The van der Waals surface area contributed by atoms with Gasteiger partial charge in [-0.1, -0.05) is 0 Å². The largest absolute Gasteiger partial charge is 0.480 e. The molecule has 1 fully saturated rings. The van der Waals surface area contributed by atoms with Crippen LogP contribution in [0.4, 0.5) is 4.39 Å². The second-order valence-electron chi connectivity index (χ2n) is 6.28. The zero-order valence-corrected chi connectivity index (χ0v) is 13.6. The molecule has 1 aromatic carbocycles. The molecule has 132 valence electrons. The van der Waals surface area contributed by atoms with Crippen LogP contribution in [0.15, 0.2) is 24.4 Å². The molecule has 0 aliphatic carbocycles. The van der Waals surface area contributed by atoms with E-state index >= 15 is 0 Å². The smallest absolute Gasteiger partial charge is 0.326 e. The Kier molecular flexibility index (Phi) is 4.43. The van der Waals surface area contributed by atoms with Gasteiger partial charge in [0.25, 0.3) is 0 Å². The van der Waals surface area contributed by atoms with Crippen molar-refractivity contribution < 1.29 is 23.9 Å². The minimum Gasteiger partial charge on any atom is -0.480 e. The third kappa shape index (κ3) is 3.47. The second kappa shape index (κ2) is 6.54. The monoisotopic (exact) mass is 347 g/mol. The van der Waals surface area contributed by atoms with E-state index < -0.39 is 23.8 Å². The molecular weight excluding hydrogens is 329 g/mol. The van der Waals surface area contributed by atoms with Crippen molar-refractivity contribution >= 4 is 28.7 Å². The Morgan fingerprint density at radius 2 is 2.24 bits per heavy atom. The van der Waals surface area contributed by atoms with Gasteiger partial charge < -0.3 is 20.3 Å². The van der Waals surface area contributed by atoms with Crippen LogP contribution < -0.4 is 5.32 Å². The number of carbonyl (C=O) groups excluding carboxylic acids is 2. The van der Waals surface area contributed by atoms with Crippen molar-refractivity contribution in [2.45, 2.75) is 18.9 Å². The highest BCUT2D eigenvalue weighted by Crippen LogP contribution is 2.21. The zero-order chi connectivity index (χ0) is 18.1. The number of aromatic nitrogens is 1. The minimum atomic E-state index is -1.16. The Bertz CT molecular complexity index is 848. The first kappa shape index (κ1) is 16.9. The van der Waals surface area contributed by atoms with Crippen LogP contribution in [0.25, 0.3) is 10.9 Å². The van der Waals surface area contributed by atoms with Crippen LogP contribution in [0.1, 0.15) is 12.0 Å². The number of hydrogen-bond acceptors (Lipinski definition) is 3. The average Bonchev–Trinajstić information content (AvgIpc) is 3.10. The first-order chi connectivity index (χ1) is 11.8. The van der Waals surface area contributed by atoms with Gasteiger partial charge in [-0.05, 0) is 23.8 Å². The highest BCUT2D eigenvalue weighted by atomic mass is 19.1. The van der Waals surface area contributed by atoms with Crippen LogP contribution >= 0.6 is 0 Å². The molecule has 1 aromatic heterocycles. The number of likely N-dealkylation sites (tertiary alicyclic amines) is 1. The first-order valence-electron chi connectivity index (χ1n) is 7.88. The van der Waals surface area contributed by atoms with Gasteiger partial charge in [0.15, 0.2) is 0 Å². The third-order valence-corrected chi connectivity index (χ3v) is 4.48. The van der Waals surface area contributed by atoms with Crippen LogP contribution in [-0.2, 0) is 20.8 Å². The first-order valence-corrected chi connectivity index (χ1v) is 7.88. The summed E-state index contributed by atoms with van der Waals surface area (Å²) < 4.78 is 13.2. The number of carbonyl (C=O) groups is 3. The fourth-order valence-corrected chi connectivity index (χ4v) is 3.08. The van der Waals surface area contributed by atoms with Gasteiger partial charge in [0.05, 0.1) is 5.92 Å². The van der Waals surface area contributed by atoms with Crippen molar-refractivity contribution in [3.05, 3.63) is 35.8 Å². The number of H-pyrrole nitrogens is 1. The van der Waals surface area contributed by atoms with Crippen molar-refractivity contribution in [1.82, 2.24) is 15.2 Å². The summed E-state index contributed by atoms with van der Waals surface area (Å²) in [6, 6.07) is 3.07. The molecule has 2 aromatic rings. The molecular formula is C17H18FN3O4. The molecule has 1 aliphatic rings. The lowest BCUT2D eigenvalue weighted by atomic mass is 10.0. The number of carboxylic acid groups (broad SMARTS) is 1. The molecule has 1 aliphatic heterocycles. The topological polar surface area (TPSA) is 102 Å². The Labute approximate surface area is 142 Å². The molecule has 2 amide bonds. The number of nitrogens with zero attached hydrogens (tertiary/aromatic N) is 1. The van der Waals surface area contributed by atoms with Crippen LogP contribution in [0, 0.1) is 11.7 Å². The van der Waals surface area contributed by atoms with Crippen LogP contribution in [-0.4, -0.2) is 52.4 Å². The van der Waals surface area contributed by atoms with Crippen molar-refractivity contribution in [3.63, 3.8) is 0 Å². The lowest BCUT2D eigenvalue weighted by molar-refractivity contribution is -0.142. The van der Waals surface area contributed by atoms with Crippen molar-refractivity contribution in [2.75, 3.05) is 13.6 Å². The Morgan fingerprint density at radius 1 is 1.48 bits per heavy atom. The summed E-state index contributed by atoms with van der Waals surface area (Å²) in [5.74, 6) is -2.68. The normalized spacial score (nSPS) is 18.6. The number of aromatic amines is 1. The number of aliphatic carboxylic acids is 1. The van der Waals surface area contributed by atoms with E-state index in [0.29, 0.717) is 16.5 Å². The second-order valence-corrected chi connectivity index (χ2v) is 6.28. The number of amides is 2. The highest BCUT2D eigenvalue weighted by Gasteiger charge is 2.34. The molecule has 0 bridgehead atoms. The minimum absolute atomic E-state index is 0.0587. The Morgan fingerprint density at radius 3 is 2.88 bits per heavy atom. The van der Waals surface area contributed by atoms with Gasteiger partial charge in [0.1, 0.15) is 11.9 Å². The molecule has 8 heteroatoms. The summed E-state index contributed by atoms with van der Waals surface area (Å²) in [6.07, 6.45) is 1.75. The predicted octanol–water partition coefficient (Wildman–Crippen LogP) is 0.897. The molecule has 3 N–H and O–H groups in total. The van der Waals surface area contributed by atoms with E-state index in [2.05, 4.69) is 10.3 Å². The lowest BCUT2D eigenvalue weighted by Crippen LogP contribution is -2.45. The number of rotatable bonds is 5. The fourth-order valence-electron chi connectivity index (χ4n) is 3.08. The van der Waals surface area contributed by atoms with Crippen molar-refractivity contribution in [3.8, 4) is 0 Å². The summed E-state index contributed by atoms with van der Waals surface area (Å²) in [6.45, 7) is 0.281. The van der Waals surface area contributed by atoms with Gasteiger partial charge >= 0.3 is 5.97 Å². The van der Waals surface area contributed by atoms with Crippen molar-refractivity contribution in [1.29, 1.82) is 0 Å². The van der Waals surface area contributed by atoms with E-state index in [-0.39, 0.29) is 31.1 Å². The average molecular weight is 347 g/mol. The fraction of sp³-hybridized carbons (Fsp3) is 0.353. The molecule has 0 saturated carbocycles. The molecule has 0 spiro atoms. The maximum Gasteiger partial charge on any atom is 0.326 e. The molecule has 2 heterocycles. The van der Waals surface area contributed by atoms with Crippen LogP contribution in [0.2, 0.25) is 0 Å². The van der Waals surface area contributed by atoms with E-state index in [9.17, 15) is 23.9 Å². The molecule has 0 unspecified atom stereocenters. The van der Waals surface area contributed by atoms with E-state index in [1.54, 1.807) is 19.3 Å². The van der Waals surface area contributed by atoms with E-state index in [4.69, 9.17) is 0 Å². The summed E-state index contributed by atoms with van der Waals surface area (Å²) in [5.41, 5.74) is 1.23. The van der Waals surface area contributed by atoms with Gasteiger partial charge in [0, 0.05) is 43.5 Å². The van der Waals surface area contributed by atoms with Crippen LogP contribution in [0.5, 0.6) is 0 Å². The molecule has 1 saturated heterocycles. The van der Waals surface area contributed by atoms with E-state index in [0.717, 1.165) is 0 Å². The molecule has 7 nitrogen and oxygen atoms in total. The quantitative estimate of drug-likeness (QED) is 0.748. The maximum atomic E-state index is 13.2. The lowest BCUT2D eigenvalue weighted by Gasteiger charge is -2.17. The summed E-state index contributed by atoms with van der Waals surface area (Å²) in [7, 11) is 1.61. The zero-order valence-electron chi connectivity index (χ0n) is 13.6. The summed E-state index contributed by atoms with van der Waals surface area (Å²) in [5, 5.41) is 12.6. The number of carboxylic acids is 1. The molecule has 3 rings (SSSR count). The predicted molar refractivity (Wildman–Crippen MR) is 87.3 cm³/mol. The number of halogens is 1. The summed E-state index contributed by atoms with van der Waals surface area (Å²) >= 11 is 0. The van der Waals surface area contributed by atoms with E-state index in [1.165, 1.54) is 17.0 Å².